The van der Waals surface area contributed by atoms with E-state index in [9.17, 15) is 9.59 Å². The van der Waals surface area contributed by atoms with Gasteiger partial charge in [0.05, 0.1) is 5.69 Å². The highest BCUT2D eigenvalue weighted by Crippen LogP contribution is 2.23. The molecule has 1 saturated heterocycles. The minimum atomic E-state index is -0.370. The minimum absolute atomic E-state index is 0.161. The maximum atomic E-state index is 12.3. The number of hydrazine groups is 1. The summed E-state index contributed by atoms with van der Waals surface area (Å²) < 4.78 is 0. The van der Waals surface area contributed by atoms with Gasteiger partial charge in [-0.05, 0) is 42.1 Å². The van der Waals surface area contributed by atoms with Crippen LogP contribution >= 0.6 is 11.3 Å². The van der Waals surface area contributed by atoms with Gasteiger partial charge in [-0.15, -0.1) is 11.3 Å². The van der Waals surface area contributed by atoms with Crippen LogP contribution in [-0.4, -0.2) is 11.8 Å². The van der Waals surface area contributed by atoms with E-state index in [1.165, 1.54) is 16.3 Å². The van der Waals surface area contributed by atoms with Crippen LogP contribution in [-0.2, 0) is 9.59 Å². The summed E-state index contributed by atoms with van der Waals surface area (Å²) in [5, 5.41) is 3.19. The zero-order chi connectivity index (χ0) is 14.1. The maximum absolute atomic E-state index is 12.3. The molecule has 2 heterocycles. The van der Waals surface area contributed by atoms with Crippen LogP contribution in [0.1, 0.15) is 10.4 Å². The molecule has 1 aromatic carbocycles. The van der Waals surface area contributed by atoms with Crippen LogP contribution in [0.5, 0.6) is 0 Å². The highest BCUT2D eigenvalue weighted by molar-refractivity contribution is 7.10. The van der Waals surface area contributed by atoms with Crippen LogP contribution in [0.4, 0.5) is 5.69 Å². The number of nitrogens with zero attached hydrogens (tertiary/aromatic N) is 1. The predicted molar refractivity (Wildman–Crippen MR) is 79.1 cm³/mol. The summed E-state index contributed by atoms with van der Waals surface area (Å²) in [4.78, 5) is 25.2. The summed E-state index contributed by atoms with van der Waals surface area (Å²) in [5.41, 5.74) is 4.44. The van der Waals surface area contributed by atoms with Crippen LogP contribution in [0.2, 0.25) is 0 Å². The molecule has 1 N–H and O–H groups in total. The van der Waals surface area contributed by atoms with Gasteiger partial charge in [-0.3, -0.25) is 15.0 Å². The van der Waals surface area contributed by atoms with Gasteiger partial charge >= 0.3 is 0 Å². The molecule has 0 aliphatic carbocycles. The Morgan fingerprint density at radius 1 is 1.20 bits per heavy atom. The van der Waals surface area contributed by atoms with Crippen LogP contribution in [0.15, 0.2) is 47.4 Å². The van der Waals surface area contributed by atoms with E-state index in [2.05, 4.69) is 5.43 Å². The van der Waals surface area contributed by atoms with Crippen molar-refractivity contribution in [1.82, 2.24) is 5.43 Å². The van der Waals surface area contributed by atoms with Crippen molar-refractivity contribution in [1.29, 1.82) is 0 Å². The first-order valence-electron chi connectivity index (χ1n) is 6.12. The smallest absolute Gasteiger partial charge is 0.267 e. The van der Waals surface area contributed by atoms with Crippen molar-refractivity contribution in [3.05, 3.63) is 57.8 Å². The molecule has 5 heteroatoms. The van der Waals surface area contributed by atoms with Gasteiger partial charge in [-0.2, -0.15) is 0 Å². The molecule has 1 aliphatic heterocycles. The van der Waals surface area contributed by atoms with Crippen molar-refractivity contribution >= 4 is 34.9 Å². The van der Waals surface area contributed by atoms with E-state index in [-0.39, 0.29) is 17.4 Å². The van der Waals surface area contributed by atoms with Crippen molar-refractivity contribution in [2.24, 2.45) is 0 Å². The normalized spacial score (nSPS) is 16.9. The number of thiophene rings is 1. The SMILES string of the molecule is Cc1cccc(N2NC(=O)/C(=C\c3cccs3)C2=O)c1. The average molecular weight is 284 g/mol. The molecule has 0 unspecified atom stereocenters. The zero-order valence-electron chi connectivity index (χ0n) is 10.8. The van der Waals surface area contributed by atoms with Gasteiger partial charge < -0.3 is 0 Å². The summed E-state index contributed by atoms with van der Waals surface area (Å²) in [6.45, 7) is 1.94. The Labute approximate surface area is 120 Å². The van der Waals surface area contributed by atoms with Crippen molar-refractivity contribution in [3.63, 3.8) is 0 Å². The molecule has 3 rings (SSSR count). The number of nitrogens with one attached hydrogen (secondary N) is 1. The lowest BCUT2D eigenvalue weighted by atomic mass is 10.2. The standard InChI is InChI=1S/C15H12N2O2S/c1-10-4-2-5-11(8-10)17-15(19)13(14(18)16-17)9-12-6-3-7-20-12/h2-9H,1H3,(H,16,18)/b13-9+. The highest BCUT2D eigenvalue weighted by Gasteiger charge is 2.34. The zero-order valence-corrected chi connectivity index (χ0v) is 11.6. The summed E-state index contributed by atoms with van der Waals surface area (Å²) >= 11 is 1.49. The first kappa shape index (κ1) is 12.6. The number of aryl methyl sites for hydroxylation is 1. The first-order chi connectivity index (χ1) is 9.65. The molecule has 0 bridgehead atoms. The number of benzene rings is 1. The number of hydrogen-bond acceptors (Lipinski definition) is 3. The van der Waals surface area contributed by atoms with E-state index in [4.69, 9.17) is 0 Å². The largest absolute Gasteiger partial charge is 0.282 e. The van der Waals surface area contributed by atoms with Crippen LogP contribution in [0.25, 0.3) is 6.08 Å². The molecule has 2 amide bonds. The average Bonchev–Trinajstić information content (AvgIpc) is 3.02. The summed E-state index contributed by atoms with van der Waals surface area (Å²) in [7, 11) is 0. The Balaban J connectivity index is 1.95. The Kier molecular flexibility index (Phi) is 3.12. The second kappa shape index (κ2) is 4.94. The van der Waals surface area contributed by atoms with E-state index in [1.54, 1.807) is 12.1 Å². The quantitative estimate of drug-likeness (QED) is 0.680. The predicted octanol–water partition coefficient (Wildman–Crippen LogP) is 2.52. The van der Waals surface area contributed by atoms with E-state index < -0.39 is 0 Å². The molecule has 100 valence electrons. The minimum Gasteiger partial charge on any atom is -0.267 e. The van der Waals surface area contributed by atoms with Crippen LogP contribution in [0.3, 0.4) is 0 Å². The van der Waals surface area contributed by atoms with Crippen LogP contribution < -0.4 is 10.4 Å². The van der Waals surface area contributed by atoms with Crippen molar-refractivity contribution < 1.29 is 9.59 Å². The first-order valence-corrected chi connectivity index (χ1v) is 7.00. The molecule has 1 fully saturated rings. The lowest BCUT2D eigenvalue weighted by Gasteiger charge is -2.14. The topological polar surface area (TPSA) is 49.4 Å². The molecule has 0 radical (unpaired) electrons. The third-order valence-corrected chi connectivity index (χ3v) is 3.80. The lowest BCUT2D eigenvalue weighted by molar-refractivity contribution is -0.117. The van der Waals surface area contributed by atoms with Gasteiger partial charge in [0.2, 0.25) is 0 Å². The van der Waals surface area contributed by atoms with E-state index in [0.717, 1.165) is 10.4 Å². The fourth-order valence-electron chi connectivity index (χ4n) is 2.02. The second-order valence-corrected chi connectivity index (χ2v) is 5.47. The Morgan fingerprint density at radius 3 is 2.75 bits per heavy atom. The van der Waals surface area contributed by atoms with Gasteiger partial charge in [0, 0.05) is 4.88 Å². The monoisotopic (exact) mass is 284 g/mol. The number of carbonyl (C=O) groups is 2. The van der Waals surface area contributed by atoms with Crippen molar-refractivity contribution in [2.75, 3.05) is 5.01 Å². The summed E-state index contributed by atoms with van der Waals surface area (Å²) in [6.07, 6.45) is 1.62. The summed E-state index contributed by atoms with van der Waals surface area (Å²) in [6, 6.07) is 11.2. The molecule has 1 aliphatic rings. The molecule has 2 aromatic rings. The van der Waals surface area contributed by atoms with Gasteiger partial charge in [-0.25, -0.2) is 5.01 Å². The van der Waals surface area contributed by atoms with Gasteiger partial charge in [-0.1, -0.05) is 18.2 Å². The Morgan fingerprint density at radius 2 is 2.05 bits per heavy atom. The third-order valence-electron chi connectivity index (χ3n) is 2.98. The van der Waals surface area contributed by atoms with Gasteiger partial charge in [0.15, 0.2) is 0 Å². The van der Waals surface area contributed by atoms with Crippen LogP contribution in [0, 0.1) is 6.92 Å². The highest BCUT2D eigenvalue weighted by atomic mass is 32.1. The number of carbonyl (C=O) groups excluding carboxylic acids is 2. The van der Waals surface area contributed by atoms with E-state index in [0.29, 0.717) is 5.69 Å². The van der Waals surface area contributed by atoms with Gasteiger partial charge in [0.25, 0.3) is 11.8 Å². The van der Waals surface area contributed by atoms with Crippen molar-refractivity contribution in [3.8, 4) is 0 Å². The molecular weight excluding hydrogens is 272 g/mol. The van der Waals surface area contributed by atoms with Crippen molar-refractivity contribution in [2.45, 2.75) is 6.92 Å². The molecule has 0 saturated carbocycles. The van der Waals surface area contributed by atoms with E-state index in [1.807, 2.05) is 42.6 Å². The van der Waals surface area contributed by atoms with E-state index >= 15 is 0 Å². The fraction of sp³-hybridized carbons (Fsp3) is 0.0667. The fourth-order valence-corrected chi connectivity index (χ4v) is 2.68. The molecule has 4 nitrogen and oxygen atoms in total. The summed E-state index contributed by atoms with van der Waals surface area (Å²) in [5.74, 6) is -0.695. The Bertz CT molecular complexity index is 704. The lowest BCUT2D eigenvalue weighted by Crippen LogP contribution is -2.35. The second-order valence-electron chi connectivity index (χ2n) is 4.49. The molecule has 0 atom stereocenters. The number of amides is 2. The van der Waals surface area contributed by atoms with Gasteiger partial charge in [0.1, 0.15) is 5.57 Å². The molecular formula is C15H12N2O2S. The molecule has 0 spiro atoms. The molecule has 1 aromatic heterocycles. The maximum Gasteiger partial charge on any atom is 0.282 e. The molecule has 20 heavy (non-hydrogen) atoms. The third kappa shape index (κ3) is 2.23. The number of anilines is 1. The number of rotatable bonds is 2. The number of hydrogen-bond donors (Lipinski definition) is 1. The Hall–Kier alpha value is -2.40.